The Hall–Kier alpha value is -2.96. The third-order valence-corrected chi connectivity index (χ3v) is 4.66. The molecule has 0 atom stereocenters. The molecule has 0 aliphatic carbocycles. The van der Waals surface area contributed by atoms with Gasteiger partial charge in [0, 0.05) is 11.8 Å². The van der Waals surface area contributed by atoms with Crippen molar-refractivity contribution >= 4 is 11.7 Å². The zero-order valence-corrected chi connectivity index (χ0v) is 18.4. The number of halogens is 17. The SMILES string of the molecule is CCOC(=O)/C=C(/Nc1ccccc1)C(F)(F)C(F)(F)C(F)(F)C(F)(F)C(F)(F)C(F)(F)C(F)(F)C(F)(F)F. The molecular weight excluding hydrogens is 597 g/mol. The number of hydrogen-bond donors (Lipinski definition) is 1. The molecule has 0 saturated carbocycles. The van der Waals surface area contributed by atoms with Crippen molar-refractivity contribution in [3.63, 3.8) is 0 Å². The molecule has 39 heavy (non-hydrogen) atoms. The summed E-state index contributed by atoms with van der Waals surface area (Å²) in [6.07, 6.45) is -8.59. The first-order chi connectivity index (χ1) is 17.2. The summed E-state index contributed by atoms with van der Waals surface area (Å²) in [4.78, 5) is 11.5. The first-order valence-corrected chi connectivity index (χ1v) is 9.60. The van der Waals surface area contributed by atoms with Gasteiger partial charge >= 0.3 is 53.6 Å². The van der Waals surface area contributed by atoms with E-state index in [0.717, 1.165) is 25.1 Å². The average Bonchev–Trinajstić information content (AvgIpc) is 2.77. The highest BCUT2D eigenvalue weighted by Crippen LogP contribution is 2.64. The molecule has 224 valence electrons. The quantitative estimate of drug-likeness (QED) is 0.160. The first-order valence-electron chi connectivity index (χ1n) is 9.60. The molecule has 1 rings (SSSR count). The van der Waals surface area contributed by atoms with Gasteiger partial charge < -0.3 is 10.1 Å². The van der Waals surface area contributed by atoms with Gasteiger partial charge in [-0.3, -0.25) is 0 Å². The van der Waals surface area contributed by atoms with Gasteiger partial charge in [-0.2, -0.15) is 74.6 Å². The molecule has 1 N–H and O–H groups in total. The molecule has 3 nitrogen and oxygen atoms in total. The van der Waals surface area contributed by atoms with Crippen molar-refractivity contribution in [1.29, 1.82) is 0 Å². The number of carbonyl (C=O) groups excluding carboxylic acids is 1. The van der Waals surface area contributed by atoms with Gasteiger partial charge in [0.1, 0.15) is 0 Å². The second-order valence-corrected chi connectivity index (χ2v) is 7.32. The zero-order valence-electron chi connectivity index (χ0n) is 18.4. The maximum Gasteiger partial charge on any atom is 0.460 e. The van der Waals surface area contributed by atoms with E-state index in [4.69, 9.17) is 0 Å². The number of nitrogens with one attached hydrogen (secondary N) is 1. The molecule has 20 heteroatoms. The Labute approximate surface area is 205 Å². The molecule has 0 bridgehead atoms. The van der Waals surface area contributed by atoms with Crippen LogP contribution in [0.25, 0.3) is 0 Å². The van der Waals surface area contributed by atoms with Crippen molar-refractivity contribution in [2.45, 2.75) is 54.6 Å². The van der Waals surface area contributed by atoms with Gasteiger partial charge in [-0.1, -0.05) is 18.2 Å². The number of hydrogen-bond acceptors (Lipinski definition) is 3. The molecule has 0 aliphatic heterocycles. The van der Waals surface area contributed by atoms with Gasteiger partial charge in [0.05, 0.1) is 12.3 Å². The molecule has 0 heterocycles. The molecule has 0 radical (unpaired) electrons. The van der Waals surface area contributed by atoms with E-state index in [-0.39, 0.29) is 0 Å². The molecule has 1 aromatic carbocycles. The lowest BCUT2D eigenvalue weighted by Gasteiger charge is -2.43. The molecule has 0 fully saturated rings. The van der Waals surface area contributed by atoms with Crippen LogP contribution in [0.3, 0.4) is 0 Å². The highest BCUT2D eigenvalue weighted by molar-refractivity contribution is 5.84. The smallest absolute Gasteiger partial charge is 0.460 e. The summed E-state index contributed by atoms with van der Waals surface area (Å²) in [6.45, 7) is 0.301. The van der Waals surface area contributed by atoms with Crippen molar-refractivity contribution in [3.8, 4) is 0 Å². The molecule has 0 unspecified atom stereocenters. The van der Waals surface area contributed by atoms with Gasteiger partial charge in [0.25, 0.3) is 0 Å². The molecule has 0 saturated heterocycles. The lowest BCUT2D eigenvalue weighted by Crippen LogP contribution is -2.74. The normalized spacial score (nSPS) is 15.3. The van der Waals surface area contributed by atoms with E-state index in [0.29, 0.717) is 12.1 Å². The van der Waals surface area contributed by atoms with Crippen LogP contribution >= 0.6 is 0 Å². The van der Waals surface area contributed by atoms with E-state index in [9.17, 15) is 79.4 Å². The first kappa shape index (κ1) is 34.1. The number of esters is 1. The average molecular weight is 609 g/mol. The Morgan fingerprint density at radius 1 is 0.667 bits per heavy atom. The minimum Gasteiger partial charge on any atom is -0.463 e. The van der Waals surface area contributed by atoms with E-state index >= 15 is 0 Å². The van der Waals surface area contributed by atoms with Gasteiger partial charge in [-0.15, -0.1) is 0 Å². The van der Waals surface area contributed by atoms with E-state index in [1.54, 1.807) is 0 Å². The Kier molecular flexibility index (Phi) is 8.92. The van der Waals surface area contributed by atoms with Crippen LogP contribution in [0.4, 0.5) is 80.3 Å². The molecular formula is C19H12F17NO2. The summed E-state index contributed by atoms with van der Waals surface area (Å²) in [5.74, 6) is -59.9. The zero-order chi connectivity index (χ0) is 31.1. The minimum atomic E-state index is -8.75. The highest BCUT2D eigenvalue weighted by atomic mass is 19.4. The maximum atomic E-state index is 14.6. The van der Waals surface area contributed by atoms with Crippen molar-refractivity contribution in [3.05, 3.63) is 42.1 Å². The third-order valence-electron chi connectivity index (χ3n) is 4.66. The van der Waals surface area contributed by atoms with Crippen molar-refractivity contribution < 1.29 is 84.2 Å². The Bertz CT molecular complexity index is 1050. The summed E-state index contributed by atoms with van der Waals surface area (Å²) in [5, 5.41) is 1.20. The van der Waals surface area contributed by atoms with Crippen LogP contribution in [-0.2, 0) is 9.53 Å². The van der Waals surface area contributed by atoms with Crippen LogP contribution in [0.1, 0.15) is 6.92 Å². The van der Waals surface area contributed by atoms with Gasteiger partial charge in [-0.25, -0.2) is 4.79 Å². The number of anilines is 1. The summed E-state index contributed by atoms with van der Waals surface area (Å²) in [7, 11) is 0. The monoisotopic (exact) mass is 609 g/mol. The van der Waals surface area contributed by atoms with Crippen LogP contribution in [0.2, 0.25) is 0 Å². The number of carbonyl (C=O) groups is 1. The van der Waals surface area contributed by atoms with E-state index in [1.165, 1.54) is 5.32 Å². The Balaban J connectivity index is 3.81. The number of rotatable bonds is 11. The van der Waals surface area contributed by atoms with Gasteiger partial charge in [-0.05, 0) is 19.1 Å². The maximum absolute atomic E-state index is 14.6. The second-order valence-electron chi connectivity index (χ2n) is 7.32. The van der Waals surface area contributed by atoms with Crippen molar-refractivity contribution in [2.24, 2.45) is 0 Å². The van der Waals surface area contributed by atoms with Crippen LogP contribution in [-0.4, -0.2) is 60.2 Å². The largest absolute Gasteiger partial charge is 0.463 e. The molecule has 0 amide bonds. The van der Waals surface area contributed by atoms with E-state index in [1.807, 2.05) is 0 Å². The third kappa shape index (κ3) is 5.29. The summed E-state index contributed by atoms with van der Waals surface area (Å²) >= 11 is 0. The van der Waals surface area contributed by atoms with Gasteiger partial charge in [0.15, 0.2) is 0 Å². The molecule has 0 spiro atoms. The van der Waals surface area contributed by atoms with E-state index in [2.05, 4.69) is 4.74 Å². The van der Waals surface area contributed by atoms with Crippen LogP contribution in [0.15, 0.2) is 42.1 Å². The summed E-state index contributed by atoms with van der Waals surface area (Å²) in [5.41, 5.74) is -3.57. The highest BCUT2D eigenvalue weighted by Gasteiger charge is 2.95. The molecule has 0 aliphatic rings. The number of alkyl halides is 17. The molecule has 1 aromatic rings. The fraction of sp³-hybridized carbons (Fsp3) is 0.526. The summed E-state index contributed by atoms with van der Waals surface area (Å²) in [6, 6.07) is 4.52. The van der Waals surface area contributed by atoms with Crippen LogP contribution < -0.4 is 5.32 Å². The Morgan fingerprint density at radius 2 is 1.05 bits per heavy atom. The predicted octanol–water partition coefficient (Wildman–Crippen LogP) is 7.55. The number of allylic oxidation sites excluding steroid dienone is 1. The summed E-state index contributed by atoms with van der Waals surface area (Å²) < 4.78 is 234. The lowest BCUT2D eigenvalue weighted by atomic mass is 9.88. The Morgan fingerprint density at radius 3 is 1.44 bits per heavy atom. The van der Waals surface area contributed by atoms with Gasteiger partial charge in [0.2, 0.25) is 0 Å². The number of ether oxygens (including phenoxy) is 1. The topological polar surface area (TPSA) is 38.3 Å². The van der Waals surface area contributed by atoms with Crippen molar-refractivity contribution in [1.82, 2.24) is 0 Å². The van der Waals surface area contributed by atoms with Crippen molar-refractivity contribution in [2.75, 3.05) is 11.9 Å². The number of benzene rings is 1. The van der Waals surface area contributed by atoms with Crippen LogP contribution in [0, 0.1) is 0 Å². The second kappa shape index (κ2) is 10.2. The fourth-order valence-electron chi connectivity index (χ4n) is 2.52. The minimum absolute atomic E-state index is 0.696. The number of para-hydroxylation sites is 1. The van der Waals surface area contributed by atoms with E-state index < -0.39 is 77.7 Å². The molecule has 0 aromatic heterocycles. The lowest BCUT2D eigenvalue weighted by molar-refractivity contribution is -0.460. The standard InChI is InChI=1S/C19H12F17NO2/c1-2-39-11(38)8-10(37-9-6-4-3-5-7-9)12(20,21)13(22,23)14(24,25)15(26,27)16(28,29)17(30,31)18(32,33)19(34,35)36/h3-8,37H,2H2,1H3/b10-8+. The fourth-order valence-corrected chi connectivity index (χ4v) is 2.52. The van der Waals surface area contributed by atoms with Crippen LogP contribution in [0.5, 0.6) is 0 Å². The predicted molar refractivity (Wildman–Crippen MR) is 95.5 cm³/mol.